The Morgan fingerprint density at radius 2 is 1.80 bits per heavy atom. The van der Waals surface area contributed by atoms with E-state index in [-0.39, 0.29) is 0 Å². The smallest absolute Gasteiger partial charge is 0.163 e. The van der Waals surface area contributed by atoms with E-state index < -0.39 is 6.10 Å². The van der Waals surface area contributed by atoms with Gasteiger partial charge < -0.3 is 5.11 Å². The lowest BCUT2D eigenvalue weighted by molar-refractivity contribution is 0.204. The van der Waals surface area contributed by atoms with E-state index in [1.54, 1.807) is 18.6 Å². The van der Waals surface area contributed by atoms with Crippen LogP contribution in [-0.4, -0.2) is 25.0 Å². The summed E-state index contributed by atoms with van der Waals surface area (Å²) in [7, 11) is 0. The van der Waals surface area contributed by atoms with Crippen molar-refractivity contribution < 1.29 is 5.11 Å². The van der Waals surface area contributed by atoms with Crippen molar-refractivity contribution in [3.8, 4) is 0 Å². The second-order valence-electron chi connectivity index (χ2n) is 3.15. The minimum Gasteiger partial charge on any atom is -0.379 e. The molecule has 1 atom stereocenters. The summed E-state index contributed by atoms with van der Waals surface area (Å²) in [5.74, 6) is 0.334. The lowest BCUT2D eigenvalue weighted by atomic mass is 10.2. The molecule has 76 valence electrons. The highest BCUT2D eigenvalue weighted by atomic mass is 16.3. The zero-order valence-corrected chi connectivity index (χ0v) is 8.20. The molecule has 1 unspecified atom stereocenters. The van der Waals surface area contributed by atoms with E-state index in [2.05, 4.69) is 19.9 Å². The fraction of sp³-hybridized carbons (Fsp3) is 0.200. The molecule has 0 bridgehead atoms. The second kappa shape index (κ2) is 4.10. The van der Waals surface area contributed by atoms with Gasteiger partial charge >= 0.3 is 0 Å². The number of aliphatic hydroxyl groups excluding tert-OH is 1. The molecular formula is C10H10N4O. The summed E-state index contributed by atoms with van der Waals surface area (Å²) in [6.07, 6.45) is 6.95. The first kappa shape index (κ1) is 9.67. The summed E-state index contributed by atoms with van der Waals surface area (Å²) in [6, 6.07) is 0. The molecule has 5 heteroatoms. The predicted octanol–water partition coefficient (Wildman–Crippen LogP) is 0.657. The van der Waals surface area contributed by atoms with Crippen molar-refractivity contribution in [3.63, 3.8) is 0 Å². The van der Waals surface area contributed by atoms with Crippen LogP contribution in [0, 0.1) is 6.92 Å². The summed E-state index contributed by atoms with van der Waals surface area (Å²) in [5.41, 5.74) is 1.39. The molecular weight excluding hydrogens is 192 g/mol. The van der Waals surface area contributed by atoms with Crippen LogP contribution in [0.1, 0.15) is 23.2 Å². The van der Waals surface area contributed by atoms with Crippen molar-refractivity contribution >= 4 is 0 Å². The molecule has 2 rings (SSSR count). The van der Waals surface area contributed by atoms with Gasteiger partial charge in [0.1, 0.15) is 0 Å². The quantitative estimate of drug-likeness (QED) is 0.774. The highest BCUT2D eigenvalue weighted by molar-refractivity contribution is 5.12. The molecule has 2 heterocycles. The normalized spacial score (nSPS) is 12.4. The maximum absolute atomic E-state index is 9.86. The molecule has 0 saturated heterocycles. The Hall–Kier alpha value is -1.88. The molecule has 2 aromatic rings. The van der Waals surface area contributed by atoms with Crippen molar-refractivity contribution in [1.29, 1.82) is 0 Å². The lowest BCUT2D eigenvalue weighted by Gasteiger charge is -2.07. The van der Waals surface area contributed by atoms with Gasteiger partial charge in [-0.25, -0.2) is 9.97 Å². The monoisotopic (exact) mass is 202 g/mol. The van der Waals surface area contributed by atoms with Crippen LogP contribution in [0.2, 0.25) is 0 Å². The molecule has 0 spiro atoms. The Kier molecular flexibility index (Phi) is 2.64. The molecule has 15 heavy (non-hydrogen) atoms. The molecule has 0 aliphatic heterocycles. The topological polar surface area (TPSA) is 71.8 Å². The number of aryl methyl sites for hydroxylation is 1. The fourth-order valence-electron chi connectivity index (χ4n) is 1.13. The van der Waals surface area contributed by atoms with Gasteiger partial charge in [-0.05, 0) is 12.5 Å². The van der Waals surface area contributed by atoms with E-state index >= 15 is 0 Å². The van der Waals surface area contributed by atoms with Crippen molar-refractivity contribution in [2.75, 3.05) is 0 Å². The molecule has 0 aliphatic carbocycles. The number of rotatable bonds is 2. The van der Waals surface area contributed by atoms with Crippen LogP contribution in [0.25, 0.3) is 0 Å². The Morgan fingerprint density at radius 1 is 1.07 bits per heavy atom. The Balaban J connectivity index is 2.29. The van der Waals surface area contributed by atoms with Crippen LogP contribution < -0.4 is 0 Å². The van der Waals surface area contributed by atoms with Gasteiger partial charge in [-0.1, -0.05) is 0 Å². The SMILES string of the molecule is Cc1cnc(C(O)c2cnccn2)nc1. The average Bonchev–Trinajstić information content (AvgIpc) is 2.30. The predicted molar refractivity (Wildman–Crippen MR) is 52.9 cm³/mol. The Morgan fingerprint density at radius 3 is 2.40 bits per heavy atom. The maximum atomic E-state index is 9.86. The van der Waals surface area contributed by atoms with Crippen molar-refractivity contribution in [2.24, 2.45) is 0 Å². The highest BCUT2D eigenvalue weighted by Crippen LogP contribution is 2.14. The molecule has 0 amide bonds. The van der Waals surface area contributed by atoms with E-state index in [4.69, 9.17) is 0 Å². The summed E-state index contributed by atoms with van der Waals surface area (Å²) in [4.78, 5) is 15.9. The van der Waals surface area contributed by atoms with Crippen LogP contribution in [-0.2, 0) is 0 Å². The van der Waals surface area contributed by atoms with Crippen molar-refractivity contribution in [1.82, 2.24) is 19.9 Å². The fourth-order valence-corrected chi connectivity index (χ4v) is 1.13. The number of aromatic nitrogens is 4. The van der Waals surface area contributed by atoms with Gasteiger partial charge in [0.05, 0.1) is 11.9 Å². The zero-order valence-electron chi connectivity index (χ0n) is 8.20. The van der Waals surface area contributed by atoms with E-state index in [0.29, 0.717) is 11.5 Å². The van der Waals surface area contributed by atoms with Gasteiger partial charge in [-0.2, -0.15) is 0 Å². The standard InChI is InChI=1S/C10H10N4O/c1-7-4-13-10(14-5-7)9(15)8-6-11-2-3-12-8/h2-6,9,15H,1H3. The van der Waals surface area contributed by atoms with Gasteiger partial charge in [-0.15, -0.1) is 0 Å². The molecule has 5 nitrogen and oxygen atoms in total. The first-order chi connectivity index (χ1) is 7.27. The minimum atomic E-state index is -0.917. The minimum absolute atomic E-state index is 0.334. The number of nitrogens with zero attached hydrogens (tertiary/aromatic N) is 4. The third-order valence-electron chi connectivity index (χ3n) is 1.91. The molecule has 0 fully saturated rings. The van der Waals surface area contributed by atoms with Gasteiger partial charge in [0, 0.05) is 24.8 Å². The summed E-state index contributed by atoms with van der Waals surface area (Å²) in [6.45, 7) is 1.89. The zero-order chi connectivity index (χ0) is 10.7. The number of hydrogen-bond acceptors (Lipinski definition) is 5. The van der Waals surface area contributed by atoms with Crippen molar-refractivity contribution in [3.05, 3.63) is 48.1 Å². The van der Waals surface area contributed by atoms with Gasteiger partial charge in [0.2, 0.25) is 0 Å². The number of hydrogen-bond donors (Lipinski definition) is 1. The van der Waals surface area contributed by atoms with Gasteiger partial charge in [0.25, 0.3) is 0 Å². The Labute approximate surface area is 86.9 Å². The molecule has 0 aliphatic rings. The van der Waals surface area contributed by atoms with E-state index in [1.807, 2.05) is 6.92 Å². The third kappa shape index (κ3) is 2.13. The van der Waals surface area contributed by atoms with Crippen LogP contribution in [0.5, 0.6) is 0 Å². The van der Waals surface area contributed by atoms with E-state index in [0.717, 1.165) is 5.56 Å². The average molecular weight is 202 g/mol. The first-order valence-electron chi connectivity index (χ1n) is 4.50. The molecule has 1 N–H and O–H groups in total. The third-order valence-corrected chi connectivity index (χ3v) is 1.91. The second-order valence-corrected chi connectivity index (χ2v) is 3.15. The lowest BCUT2D eigenvalue weighted by Crippen LogP contribution is -2.07. The number of aliphatic hydroxyl groups is 1. The van der Waals surface area contributed by atoms with E-state index in [9.17, 15) is 5.11 Å². The highest BCUT2D eigenvalue weighted by Gasteiger charge is 2.14. The van der Waals surface area contributed by atoms with Crippen LogP contribution in [0.4, 0.5) is 0 Å². The van der Waals surface area contributed by atoms with Gasteiger partial charge in [0.15, 0.2) is 11.9 Å². The van der Waals surface area contributed by atoms with Crippen LogP contribution >= 0.6 is 0 Å². The largest absolute Gasteiger partial charge is 0.379 e. The molecule has 2 aromatic heterocycles. The summed E-state index contributed by atoms with van der Waals surface area (Å²) < 4.78 is 0. The summed E-state index contributed by atoms with van der Waals surface area (Å²) >= 11 is 0. The first-order valence-corrected chi connectivity index (χ1v) is 4.50. The molecule has 0 saturated carbocycles. The van der Waals surface area contributed by atoms with Crippen LogP contribution in [0.3, 0.4) is 0 Å². The van der Waals surface area contributed by atoms with Crippen LogP contribution in [0.15, 0.2) is 31.0 Å². The summed E-state index contributed by atoms with van der Waals surface area (Å²) in [5, 5.41) is 9.86. The maximum Gasteiger partial charge on any atom is 0.163 e. The van der Waals surface area contributed by atoms with E-state index in [1.165, 1.54) is 12.4 Å². The molecule has 0 aromatic carbocycles. The van der Waals surface area contributed by atoms with Crippen molar-refractivity contribution in [2.45, 2.75) is 13.0 Å². The Bertz CT molecular complexity index is 429. The molecule has 0 radical (unpaired) electrons. The van der Waals surface area contributed by atoms with Gasteiger partial charge in [-0.3, -0.25) is 9.97 Å².